The number of hydrogen-bond donors (Lipinski definition) is 2. The molecule has 1 unspecified atom stereocenters. The molecule has 2 rings (SSSR count). The van der Waals surface area contributed by atoms with Gasteiger partial charge in [-0.05, 0) is 31.2 Å². The van der Waals surface area contributed by atoms with E-state index in [0.29, 0.717) is 0 Å². The summed E-state index contributed by atoms with van der Waals surface area (Å²) in [6.45, 7) is 1.60. The number of rotatable bonds is 4. The molecule has 1 aromatic heterocycles. The lowest BCUT2D eigenvalue weighted by atomic mass is 10.2. The average molecular weight is 231 g/mol. The molecule has 0 saturated heterocycles. The summed E-state index contributed by atoms with van der Waals surface area (Å²) < 4.78 is 1.72. The zero-order valence-electron chi connectivity index (χ0n) is 9.37. The van der Waals surface area contributed by atoms with Crippen LogP contribution in [0.25, 0.3) is 5.69 Å². The number of anilines is 1. The minimum atomic E-state index is -0.880. The molecule has 0 aliphatic heterocycles. The Balaban J connectivity index is 2.20. The Kier molecular flexibility index (Phi) is 3.09. The maximum absolute atomic E-state index is 10.7. The first-order chi connectivity index (χ1) is 8.16. The molecule has 2 aromatic rings. The van der Waals surface area contributed by atoms with Crippen LogP contribution < -0.4 is 5.32 Å². The van der Waals surface area contributed by atoms with Gasteiger partial charge in [0.05, 0.1) is 5.69 Å². The van der Waals surface area contributed by atoms with Crippen LogP contribution in [0.5, 0.6) is 0 Å². The summed E-state index contributed by atoms with van der Waals surface area (Å²) in [5.74, 6) is -0.880. The van der Waals surface area contributed by atoms with Gasteiger partial charge in [-0.3, -0.25) is 4.79 Å². The largest absolute Gasteiger partial charge is 0.480 e. The van der Waals surface area contributed by atoms with Crippen molar-refractivity contribution in [2.24, 2.45) is 0 Å². The second-order valence-corrected chi connectivity index (χ2v) is 3.71. The van der Waals surface area contributed by atoms with E-state index in [0.717, 1.165) is 11.4 Å². The fourth-order valence-corrected chi connectivity index (χ4v) is 1.47. The van der Waals surface area contributed by atoms with Gasteiger partial charge in [-0.1, -0.05) is 6.07 Å². The van der Waals surface area contributed by atoms with Crippen LogP contribution in [0.2, 0.25) is 0 Å². The van der Waals surface area contributed by atoms with E-state index >= 15 is 0 Å². The summed E-state index contributed by atoms with van der Waals surface area (Å²) in [5, 5.41) is 15.8. The molecule has 0 amide bonds. The van der Waals surface area contributed by atoms with Gasteiger partial charge >= 0.3 is 5.97 Å². The van der Waals surface area contributed by atoms with Crippen molar-refractivity contribution in [1.29, 1.82) is 0 Å². The Morgan fingerprint density at radius 3 is 2.94 bits per heavy atom. The summed E-state index contributed by atoms with van der Waals surface area (Å²) in [4.78, 5) is 10.7. The van der Waals surface area contributed by atoms with Crippen molar-refractivity contribution >= 4 is 11.7 Å². The molecular formula is C12H13N3O2. The number of hydrogen-bond acceptors (Lipinski definition) is 3. The molecule has 17 heavy (non-hydrogen) atoms. The topological polar surface area (TPSA) is 67.2 Å². The van der Waals surface area contributed by atoms with Gasteiger partial charge in [0.15, 0.2) is 0 Å². The highest BCUT2D eigenvalue weighted by atomic mass is 16.4. The molecule has 1 atom stereocenters. The summed E-state index contributed by atoms with van der Waals surface area (Å²) in [6.07, 6.45) is 3.53. The van der Waals surface area contributed by atoms with Gasteiger partial charge in [0.25, 0.3) is 0 Å². The molecule has 1 aromatic carbocycles. The number of aliphatic carboxylic acids is 1. The number of benzene rings is 1. The van der Waals surface area contributed by atoms with Gasteiger partial charge in [0.2, 0.25) is 0 Å². The molecule has 0 spiro atoms. The number of carboxylic acids is 1. The minimum absolute atomic E-state index is 0.622. The molecule has 2 N–H and O–H groups in total. The van der Waals surface area contributed by atoms with Crippen LogP contribution in [0.4, 0.5) is 5.69 Å². The van der Waals surface area contributed by atoms with Crippen molar-refractivity contribution in [3.63, 3.8) is 0 Å². The molecular weight excluding hydrogens is 218 g/mol. The van der Waals surface area contributed by atoms with Crippen LogP contribution in [0.15, 0.2) is 42.7 Å². The SMILES string of the molecule is CC(Nc1cccc(-n2cccn2)c1)C(=O)O. The minimum Gasteiger partial charge on any atom is -0.480 e. The van der Waals surface area contributed by atoms with E-state index < -0.39 is 12.0 Å². The molecule has 0 fully saturated rings. The first-order valence-electron chi connectivity index (χ1n) is 5.26. The van der Waals surface area contributed by atoms with Crippen LogP contribution in [-0.4, -0.2) is 26.9 Å². The maximum Gasteiger partial charge on any atom is 0.325 e. The first-order valence-corrected chi connectivity index (χ1v) is 5.26. The highest BCUT2D eigenvalue weighted by molar-refractivity contribution is 5.76. The van der Waals surface area contributed by atoms with Crippen molar-refractivity contribution in [3.05, 3.63) is 42.7 Å². The van der Waals surface area contributed by atoms with E-state index in [1.807, 2.05) is 36.5 Å². The van der Waals surface area contributed by atoms with Crippen LogP contribution in [0, 0.1) is 0 Å². The number of nitrogens with zero attached hydrogens (tertiary/aromatic N) is 2. The Morgan fingerprint density at radius 1 is 1.47 bits per heavy atom. The highest BCUT2D eigenvalue weighted by Crippen LogP contribution is 2.14. The third-order valence-corrected chi connectivity index (χ3v) is 2.37. The quantitative estimate of drug-likeness (QED) is 0.841. The zero-order valence-corrected chi connectivity index (χ0v) is 9.37. The molecule has 5 heteroatoms. The van der Waals surface area contributed by atoms with Gasteiger partial charge in [0, 0.05) is 18.1 Å². The number of carboxylic acid groups (broad SMARTS) is 1. The number of aromatic nitrogens is 2. The van der Waals surface area contributed by atoms with Crippen molar-refractivity contribution in [2.45, 2.75) is 13.0 Å². The van der Waals surface area contributed by atoms with Gasteiger partial charge in [-0.25, -0.2) is 4.68 Å². The van der Waals surface area contributed by atoms with Gasteiger partial charge < -0.3 is 10.4 Å². The van der Waals surface area contributed by atoms with Crippen molar-refractivity contribution in [3.8, 4) is 5.69 Å². The third kappa shape index (κ3) is 2.63. The zero-order chi connectivity index (χ0) is 12.3. The van der Waals surface area contributed by atoms with Crippen LogP contribution in [0.3, 0.4) is 0 Å². The molecule has 0 saturated carbocycles. The van der Waals surface area contributed by atoms with E-state index in [9.17, 15) is 4.79 Å². The van der Waals surface area contributed by atoms with E-state index in [4.69, 9.17) is 5.11 Å². The van der Waals surface area contributed by atoms with E-state index in [1.165, 1.54) is 0 Å². The van der Waals surface area contributed by atoms with Crippen LogP contribution >= 0.6 is 0 Å². The normalized spacial score (nSPS) is 12.1. The molecule has 1 heterocycles. The Morgan fingerprint density at radius 2 is 2.29 bits per heavy atom. The molecule has 88 valence electrons. The lowest BCUT2D eigenvalue weighted by molar-refractivity contribution is -0.137. The molecule has 5 nitrogen and oxygen atoms in total. The summed E-state index contributed by atoms with van der Waals surface area (Å²) in [7, 11) is 0. The van der Waals surface area contributed by atoms with Gasteiger partial charge in [-0.15, -0.1) is 0 Å². The average Bonchev–Trinajstić information content (AvgIpc) is 2.82. The number of carbonyl (C=O) groups is 1. The fraction of sp³-hybridized carbons (Fsp3) is 0.167. The monoisotopic (exact) mass is 231 g/mol. The second-order valence-electron chi connectivity index (χ2n) is 3.71. The van der Waals surface area contributed by atoms with Gasteiger partial charge in [0.1, 0.15) is 6.04 Å². The van der Waals surface area contributed by atoms with Crippen LogP contribution in [0.1, 0.15) is 6.92 Å². The predicted octanol–water partition coefficient (Wildman–Crippen LogP) is 1.76. The van der Waals surface area contributed by atoms with Crippen LogP contribution in [-0.2, 0) is 4.79 Å². The maximum atomic E-state index is 10.7. The standard InChI is InChI=1S/C12H13N3O2/c1-9(12(16)17)14-10-4-2-5-11(8-10)15-7-3-6-13-15/h2-9,14H,1H3,(H,16,17). The first kappa shape index (κ1) is 11.2. The van der Waals surface area contributed by atoms with E-state index in [-0.39, 0.29) is 0 Å². The van der Waals surface area contributed by atoms with Crippen molar-refractivity contribution in [2.75, 3.05) is 5.32 Å². The van der Waals surface area contributed by atoms with E-state index in [1.54, 1.807) is 17.8 Å². The lowest BCUT2D eigenvalue weighted by Gasteiger charge is -2.11. The summed E-state index contributed by atoms with van der Waals surface area (Å²) in [5.41, 5.74) is 1.64. The lowest BCUT2D eigenvalue weighted by Crippen LogP contribution is -2.25. The summed E-state index contributed by atoms with van der Waals surface area (Å²) in [6, 6.07) is 8.65. The Hall–Kier alpha value is -2.30. The Bertz CT molecular complexity index is 508. The van der Waals surface area contributed by atoms with E-state index in [2.05, 4.69) is 10.4 Å². The van der Waals surface area contributed by atoms with Gasteiger partial charge in [-0.2, -0.15) is 5.10 Å². The molecule has 0 aliphatic rings. The molecule has 0 aliphatic carbocycles. The molecule has 0 bridgehead atoms. The smallest absolute Gasteiger partial charge is 0.325 e. The fourth-order valence-electron chi connectivity index (χ4n) is 1.47. The Labute approximate surface area is 98.7 Å². The predicted molar refractivity (Wildman–Crippen MR) is 64.3 cm³/mol. The highest BCUT2D eigenvalue weighted by Gasteiger charge is 2.10. The molecule has 0 radical (unpaired) electrons. The third-order valence-electron chi connectivity index (χ3n) is 2.37. The summed E-state index contributed by atoms with van der Waals surface area (Å²) >= 11 is 0. The van der Waals surface area contributed by atoms with Crippen molar-refractivity contribution in [1.82, 2.24) is 9.78 Å². The van der Waals surface area contributed by atoms with Crippen molar-refractivity contribution < 1.29 is 9.90 Å². The number of nitrogens with one attached hydrogen (secondary N) is 1. The second kappa shape index (κ2) is 4.69.